The van der Waals surface area contributed by atoms with Crippen LogP contribution in [0.15, 0.2) is 109 Å². The summed E-state index contributed by atoms with van der Waals surface area (Å²) in [5.74, 6) is -2.44. The number of anilines is 4. The molecule has 7 N–H and O–H groups in total. The summed E-state index contributed by atoms with van der Waals surface area (Å²) in [4.78, 5) is 76.4. The SMILES string of the molecule is C#CC[C@H](NC(=O)c1ccc(C(=O)Nc2ccc(C#N)cc2)cc1)C(=O)Nc1ccc(C(=O)Nc2ccc(C(=O)Nc3ccc(C(=O)O)cc3)c(O)c2OC(C)C)cc1. The lowest BCUT2D eigenvalue weighted by Crippen LogP contribution is -2.43. The highest BCUT2D eigenvalue weighted by atomic mass is 16.5. The molecule has 59 heavy (non-hydrogen) atoms. The minimum Gasteiger partial charge on any atom is -0.504 e. The van der Waals surface area contributed by atoms with E-state index in [2.05, 4.69) is 32.5 Å². The number of nitriles is 1. The first-order valence-electron chi connectivity index (χ1n) is 17.8. The molecule has 5 aromatic rings. The fourth-order valence-electron chi connectivity index (χ4n) is 5.40. The van der Waals surface area contributed by atoms with Crippen molar-refractivity contribution >= 4 is 58.3 Å². The maximum absolute atomic E-state index is 13.3. The summed E-state index contributed by atoms with van der Waals surface area (Å²) in [5, 5.41) is 42.3. The Morgan fingerprint density at radius 2 is 1.12 bits per heavy atom. The summed E-state index contributed by atoms with van der Waals surface area (Å²) < 4.78 is 5.77. The van der Waals surface area contributed by atoms with Gasteiger partial charge < -0.3 is 41.5 Å². The van der Waals surface area contributed by atoms with Gasteiger partial charge in [-0.3, -0.25) is 24.0 Å². The molecule has 0 saturated carbocycles. The van der Waals surface area contributed by atoms with E-state index in [0.717, 1.165) is 0 Å². The van der Waals surface area contributed by atoms with Crippen molar-refractivity contribution < 1.29 is 43.7 Å². The predicted octanol–water partition coefficient (Wildman–Crippen LogP) is 6.27. The second kappa shape index (κ2) is 18.9. The van der Waals surface area contributed by atoms with Crippen LogP contribution in [0.5, 0.6) is 11.5 Å². The van der Waals surface area contributed by atoms with Gasteiger partial charge in [0.2, 0.25) is 5.91 Å². The van der Waals surface area contributed by atoms with Crippen molar-refractivity contribution in [1.29, 1.82) is 5.26 Å². The highest BCUT2D eigenvalue weighted by molar-refractivity contribution is 6.10. The number of phenolic OH excluding ortho intramolecular Hbond substituents is 1. The number of nitrogens with one attached hydrogen (secondary N) is 5. The van der Waals surface area contributed by atoms with Crippen LogP contribution in [0.1, 0.15) is 77.6 Å². The molecule has 15 nitrogen and oxygen atoms in total. The minimum atomic E-state index is -1.13. The molecule has 0 saturated heterocycles. The molecule has 0 aromatic heterocycles. The molecule has 0 aliphatic rings. The van der Waals surface area contributed by atoms with E-state index < -0.39 is 53.4 Å². The number of hydrogen-bond donors (Lipinski definition) is 7. The Bertz CT molecular complexity index is 2490. The fraction of sp³-hybridized carbons (Fsp3) is 0.114. The molecule has 1 atom stereocenters. The summed E-state index contributed by atoms with van der Waals surface area (Å²) in [5.41, 5.74) is 2.03. The Kier molecular flexibility index (Phi) is 13.4. The summed E-state index contributed by atoms with van der Waals surface area (Å²) >= 11 is 0. The standard InChI is InChI=1S/C44H36N6O9/c1-4-5-36(50-41(54)28-10-8-27(9-11-28)39(52)46-31-16-6-26(24-45)7-17-31)43(56)48-33-18-12-29(13-19-33)40(53)49-35-23-22-34(37(51)38(35)59-25(2)3)42(55)47-32-20-14-30(15-21-32)44(57)58/h1,6-23,25,36,51H,5H2,2-3H3,(H,46,52)(H,47,55)(H,48,56)(H,49,53)(H,50,54)(H,57,58)/t36-/m0/s1. The third kappa shape index (κ3) is 10.9. The number of phenols is 1. The van der Waals surface area contributed by atoms with Crippen LogP contribution in [0, 0.1) is 23.7 Å². The van der Waals surface area contributed by atoms with E-state index in [1.165, 1.54) is 84.9 Å². The summed E-state index contributed by atoms with van der Waals surface area (Å²) in [6.07, 6.45) is 4.88. The molecule has 0 bridgehead atoms. The topological polar surface area (TPSA) is 236 Å². The van der Waals surface area contributed by atoms with Gasteiger partial charge in [0.1, 0.15) is 6.04 Å². The molecule has 0 radical (unpaired) electrons. The van der Waals surface area contributed by atoms with E-state index >= 15 is 0 Å². The lowest BCUT2D eigenvalue weighted by Gasteiger charge is -2.18. The Balaban J connectivity index is 1.20. The third-order valence-electron chi connectivity index (χ3n) is 8.41. The normalized spacial score (nSPS) is 10.9. The first-order valence-corrected chi connectivity index (χ1v) is 17.8. The van der Waals surface area contributed by atoms with Crippen LogP contribution in [0.2, 0.25) is 0 Å². The Morgan fingerprint density at radius 1 is 0.644 bits per heavy atom. The van der Waals surface area contributed by atoms with E-state index in [9.17, 15) is 33.9 Å². The van der Waals surface area contributed by atoms with Gasteiger partial charge in [0.05, 0.1) is 34.6 Å². The molecule has 0 heterocycles. The predicted molar refractivity (Wildman–Crippen MR) is 219 cm³/mol. The van der Waals surface area contributed by atoms with Crippen LogP contribution < -0.4 is 31.3 Å². The van der Waals surface area contributed by atoms with Gasteiger partial charge in [-0.1, -0.05) is 0 Å². The zero-order chi connectivity index (χ0) is 42.6. The summed E-state index contributed by atoms with van der Waals surface area (Å²) in [6.45, 7) is 3.38. The van der Waals surface area contributed by atoms with Crippen LogP contribution in [-0.4, -0.2) is 57.9 Å². The molecule has 5 amide bonds. The average molecular weight is 793 g/mol. The van der Waals surface area contributed by atoms with Crippen LogP contribution in [0.25, 0.3) is 0 Å². The second-order valence-electron chi connectivity index (χ2n) is 13.0. The number of carboxylic acid groups (broad SMARTS) is 1. The quantitative estimate of drug-likeness (QED) is 0.0623. The largest absolute Gasteiger partial charge is 0.504 e. The molecule has 5 aromatic carbocycles. The Labute approximate surface area is 338 Å². The van der Waals surface area contributed by atoms with Crippen molar-refractivity contribution in [2.45, 2.75) is 32.4 Å². The number of ether oxygens (including phenoxy) is 1. The van der Waals surface area contributed by atoms with E-state index in [1.807, 2.05) is 6.07 Å². The lowest BCUT2D eigenvalue weighted by atomic mass is 10.1. The minimum absolute atomic E-state index is 0.0285. The van der Waals surface area contributed by atoms with Gasteiger partial charge in [-0.25, -0.2) is 4.79 Å². The first-order chi connectivity index (χ1) is 28.3. The van der Waals surface area contributed by atoms with Crippen molar-refractivity contribution in [2.75, 3.05) is 21.3 Å². The third-order valence-corrected chi connectivity index (χ3v) is 8.41. The number of aromatic carboxylic acids is 1. The maximum Gasteiger partial charge on any atom is 0.335 e. The number of terminal acetylenes is 1. The van der Waals surface area contributed by atoms with Gasteiger partial charge in [-0.05, 0) is 123 Å². The zero-order valence-electron chi connectivity index (χ0n) is 31.5. The molecular formula is C44H36N6O9. The number of rotatable bonds is 14. The zero-order valence-corrected chi connectivity index (χ0v) is 31.5. The number of carbonyl (C=O) groups is 6. The Hall–Kier alpha value is -8.43. The molecule has 296 valence electrons. The molecule has 0 aliphatic carbocycles. The van der Waals surface area contributed by atoms with Crippen LogP contribution in [0.4, 0.5) is 22.7 Å². The van der Waals surface area contributed by atoms with Crippen molar-refractivity contribution in [3.63, 3.8) is 0 Å². The van der Waals surface area contributed by atoms with Gasteiger partial charge in [0.15, 0.2) is 11.5 Å². The van der Waals surface area contributed by atoms with Crippen LogP contribution in [-0.2, 0) is 4.79 Å². The number of hydrogen-bond acceptors (Lipinski definition) is 9. The molecule has 0 aliphatic heterocycles. The van der Waals surface area contributed by atoms with Gasteiger partial charge >= 0.3 is 5.97 Å². The average Bonchev–Trinajstić information content (AvgIpc) is 3.22. The van der Waals surface area contributed by atoms with Gasteiger partial charge in [-0.2, -0.15) is 5.26 Å². The molecule has 0 fully saturated rings. The molecule has 0 spiro atoms. The summed E-state index contributed by atoms with van der Waals surface area (Å²) in [7, 11) is 0. The highest BCUT2D eigenvalue weighted by Crippen LogP contribution is 2.39. The smallest absolute Gasteiger partial charge is 0.335 e. The van der Waals surface area contributed by atoms with Crippen molar-refractivity contribution in [2.24, 2.45) is 0 Å². The van der Waals surface area contributed by atoms with Crippen molar-refractivity contribution in [3.8, 4) is 29.9 Å². The molecule has 15 heteroatoms. The van der Waals surface area contributed by atoms with E-state index in [1.54, 1.807) is 38.1 Å². The van der Waals surface area contributed by atoms with Crippen LogP contribution >= 0.6 is 0 Å². The number of carboxylic acids is 1. The molecule has 0 unspecified atom stereocenters. The monoisotopic (exact) mass is 792 g/mol. The van der Waals surface area contributed by atoms with E-state index in [-0.39, 0.29) is 57.0 Å². The van der Waals surface area contributed by atoms with Crippen LogP contribution in [0.3, 0.4) is 0 Å². The Morgan fingerprint density at radius 3 is 1.64 bits per heavy atom. The van der Waals surface area contributed by atoms with Gasteiger partial charge in [-0.15, -0.1) is 12.3 Å². The van der Waals surface area contributed by atoms with Gasteiger partial charge in [0, 0.05) is 40.2 Å². The number of carbonyl (C=O) groups excluding carboxylic acids is 5. The molecule has 5 rings (SSSR count). The number of nitrogens with zero attached hydrogens (tertiary/aromatic N) is 1. The van der Waals surface area contributed by atoms with Gasteiger partial charge in [0.25, 0.3) is 23.6 Å². The maximum atomic E-state index is 13.3. The van der Waals surface area contributed by atoms with E-state index in [4.69, 9.17) is 21.5 Å². The van der Waals surface area contributed by atoms with E-state index in [0.29, 0.717) is 11.3 Å². The summed E-state index contributed by atoms with van der Waals surface area (Å²) in [6, 6.07) is 26.8. The lowest BCUT2D eigenvalue weighted by molar-refractivity contribution is -0.117. The number of amides is 5. The van der Waals surface area contributed by atoms with Crippen molar-refractivity contribution in [1.82, 2.24) is 5.32 Å². The van der Waals surface area contributed by atoms with Crippen molar-refractivity contribution in [3.05, 3.63) is 143 Å². The number of aromatic hydroxyl groups is 1. The first kappa shape index (κ1) is 41.7. The fourth-order valence-corrected chi connectivity index (χ4v) is 5.40. The second-order valence-corrected chi connectivity index (χ2v) is 13.0. The number of benzene rings is 5. The molecular weight excluding hydrogens is 757 g/mol. The highest BCUT2D eigenvalue weighted by Gasteiger charge is 2.24.